The second-order valence-electron chi connectivity index (χ2n) is 7.97. The molecule has 2 aromatic rings. The third-order valence-corrected chi connectivity index (χ3v) is 7.40. The van der Waals surface area contributed by atoms with Crippen LogP contribution in [0.4, 0.5) is 0 Å². The van der Waals surface area contributed by atoms with E-state index in [2.05, 4.69) is 0 Å². The number of piperidine rings is 1. The lowest BCUT2D eigenvalue weighted by Crippen LogP contribution is -2.54. The average Bonchev–Trinajstić information content (AvgIpc) is 2.69. The van der Waals surface area contributed by atoms with E-state index in [-0.39, 0.29) is 37.2 Å². The molecule has 1 aliphatic rings. The van der Waals surface area contributed by atoms with Crippen molar-refractivity contribution in [2.75, 3.05) is 40.8 Å². The van der Waals surface area contributed by atoms with Gasteiger partial charge in [-0.1, -0.05) is 42.5 Å². The number of methoxy groups -OCH3 is 1. The number of sulfonamides is 1. The summed E-state index contributed by atoms with van der Waals surface area (Å²) in [6, 6.07) is 16.6. The number of aliphatic hydroxyl groups is 1. The number of nitrogens with zero attached hydrogens (tertiary/aromatic N) is 2. The topological polar surface area (TPSA) is 70.1 Å². The lowest BCUT2D eigenvalue weighted by Gasteiger charge is -2.45. The van der Waals surface area contributed by atoms with Gasteiger partial charge < -0.3 is 14.7 Å². The van der Waals surface area contributed by atoms with Crippen molar-refractivity contribution < 1.29 is 18.3 Å². The smallest absolute Gasteiger partial charge is 0.218 e. The van der Waals surface area contributed by atoms with Gasteiger partial charge in [0.05, 0.1) is 18.5 Å². The number of rotatable bonds is 7. The van der Waals surface area contributed by atoms with Crippen molar-refractivity contribution in [3.63, 3.8) is 0 Å². The average molecular weight is 455 g/mol. The van der Waals surface area contributed by atoms with Gasteiger partial charge in [0.1, 0.15) is 5.75 Å². The highest BCUT2D eigenvalue weighted by molar-refractivity contribution is 7.88. The molecule has 0 spiro atoms. The summed E-state index contributed by atoms with van der Waals surface area (Å²) >= 11 is 0. The number of hydrogen-bond donors (Lipinski definition) is 1. The first-order valence-electron chi connectivity index (χ1n) is 9.78. The third-order valence-electron chi connectivity index (χ3n) is 5.58. The summed E-state index contributed by atoms with van der Waals surface area (Å²) < 4.78 is 32.9. The van der Waals surface area contributed by atoms with Gasteiger partial charge in [-0.3, -0.25) is 0 Å². The second-order valence-corrected chi connectivity index (χ2v) is 9.93. The van der Waals surface area contributed by atoms with E-state index in [9.17, 15) is 13.5 Å². The quantitative estimate of drug-likeness (QED) is 0.696. The minimum Gasteiger partial charge on any atom is -0.497 e. The SMILES string of the molecule is COc1cccc([C@@]2(O)CCN(S(=O)(=O)Cc3ccccc3)C[C@@H]2CN(C)C)c1.Cl. The molecule has 8 heteroatoms. The van der Waals surface area contributed by atoms with Gasteiger partial charge in [-0.2, -0.15) is 0 Å². The summed E-state index contributed by atoms with van der Waals surface area (Å²) in [7, 11) is 1.99. The molecule has 0 saturated carbocycles. The van der Waals surface area contributed by atoms with Gasteiger partial charge >= 0.3 is 0 Å². The van der Waals surface area contributed by atoms with E-state index in [0.29, 0.717) is 18.7 Å². The molecule has 0 radical (unpaired) electrons. The summed E-state index contributed by atoms with van der Waals surface area (Å²) in [4.78, 5) is 1.99. The molecule has 1 heterocycles. The van der Waals surface area contributed by atoms with Crippen molar-refractivity contribution in [1.82, 2.24) is 9.21 Å². The summed E-state index contributed by atoms with van der Waals surface area (Å²) in [6.07, 6.45) is 0.340. The van der Waals surface area contributed by atoms with Crippen LogP contribution >= 0.6 is 12.4 Å². The lowest BCUT2D eigenvalue weighted by molar-refractivity contribution is -0.0698. The van der Waals surface area contributed by atoms with E-state index in [4.69, 9.17) is 4.74 Å². The Morgan fingerprint density at radius 1 is 1.17 bits per heavy atom. The highest BCUT2D eigenvalue weighted by Gasteiger charge is 2.45. The maximum Gasteiger partial charge on any atom is 0.218 e. The Morgan fingerprint density at radius 2 is 1.87 bits per heavy atom. The van der Waals surface area contributed by atoms with Crippen LogP contribution in [0.1, 0.15) is 17.5 Å². The van der Waals surface area contributed by atoms with Crippen LogP contribution in [-0.4, -0.2) is 63.6 Å². The molecule has 3 rings (SSSR count). The van der Waals surface area contributed by atoms with Crippen molar-refractivity contribution >= 4 is 22.4 Å². The van der Waals surface area contributed by atoms with E-state index in [1.54, 1.807) is 7.11 Å². The van der Waals surface area contributed by atoms with Crippen LogP contribution in [0, 0.1) is 5.92 Å². The van der Waals surface area contributed by atoms with Crippen LogP contribution in [0.25, 0.3) is 0 Å². The Hall–Kier alpha value is -1.64. The van der Waals surface area contributed by atoms with Crippen LogP contribution in [0.5, 0.6) is 5.75 Å². The van der Waals surface area contributed by atoms with E-state index in [0.717, 1.165) is 11.1 Å². The van der Waals surface area contributed by atoms with Gasteiger partial charge in [-0.15, -0.1) is 12.4 Å². The van der Waals surface area contributed by atoms with Gasteiger partial charge in [0.25, 0.3) is 0 Å². The molecule has 1 aliphatic heterocycles. The Labute approximate surface area is 185 Å². The summed E-state index contributed by atoms with van der Waals surface area (Å²) in [5.74, 6) is 0.391. The number of benzene rings is 2. The molecule has 0 aliphatic carbocycles. The largest absolute Gasteiger partial charge is 0.497 e. The van der Waals surface area contributed by atoms with Gasteiger partial charge in [0, 0.05) is 25.6 Å². The van der Waals surface area contributed by atoms with Crippen molar-refractivity contribution in [2.45, 2.75) is 17.8 Å². The highest BCUT2D eigenvalue weighted by atomic mass is 35.5. The molecule has 1 N–H and O–H groups in total. The summed E-state index contributed by atoms with van der Waals surface area (Å²) in [5.41, 5.74) is 0.423. The fourth-order valence-electron chi connectivity index (χ4n) is 4.04. The Morgan fingerprint density at radius 3 is 2.50 bits per heavy atom. The minimum atomic E-state index is -3.47. The zero-order valence-corrected chi connectivity index (χ0v) is 19.3. The van der Waals surface area contributed by atoms with E-state index in [1.807, 2.05) is 73.6 Å². The van der Waals surface area contributed by atoms with E-state index >= 15 is 0 Å². The minimum absolute atomic E-state index is 0. The van der Waals surface area contributed by atoms with Crippen molar-refractivity contribution in [3.05, 3.63) is 65.7 Å². The number of hydrogen-bond acceptors (Lipinski definition) is 5. The molecular formula is C22H31ClN2O4S. The molecule has 6 nitrogen and oxygen atoms in total. The molecule has 0 bridgehead atoms. The molecule has 1 saturated heterocycles. The molecule has 0 aromatic heterocycles. The molecule has 0 unspecified atom stereocenters. The lowest BCUT2D eigenvalue weighted by atomic mass is 9.76. The maximum atomic E-state index is 13.0. The fraction of sp³-hybridized carbons (Fsp3) is 0.455. The van der Waals surface area contributed by atoms with Crippen molar-refractivity contribution in [2.24, 2.45) is 5.92 Å². The molecular weight excluding hydrogens is 424 g/mol. The maximum absolute atomic E-state index is 13.0. The van der Waals surface area contributed by atoms with Gasteiger partial charge in [-0.05, 0) is 43.8 Å². The van der Waals surface area contributed by atoms with Crippen LogP contribution in [-0.2, 0) is 21.4 Å². The molecule has 166 valence electrons. The first-order chi connectivity index (χ1) is 13.7. The van der Waals surface area contributed by atoms with Crippen LogP contribution < -0.4 is 4.74 Å². The van der Waals surface area contributed by atoms with Gasteiger partial charge in [0.2, 0.25) is 10.0 Å². The summed E-state index contributed by atoms with van der Waals surface area (Å²) in [5, 5.41) is 11.6. The molecule has 1 fully saturated rings. The number of ether oxygens (including phenoxy) is 1. The summed E-state index contributed by atoms with van der Waals surface area (Å²) in [6.45, 7) is 1.14. The van der Waals surface area contributed by atoms with Crippen LogP contribution in [0.15, 0.2) is 54.6 Å². The van der Waals surface area contributed by atoms with Crippen molar-refractivity contribution in [3.8, 4) is 5.75 Å². The van der Waals surface area contributed by atoms with Gasteiger partial charge in [-0.25, -0.2) is 12.7 Å². The normalized spacial score (nSPS) is 22.5. The molecule has 2 aromatic carbocycles. The molecule has 30 heavy (non-hydrogen) atoms. The zero-order valence-electron chi connectivity index (χ0n) is 17.7. The van der Waals surface area contributed by atoms with Crippen LogP contribution in [0.2, 0.25) is 0 Å². The zero-order chi connectivity index (χ0) is 21.1. The fourth-order valence-corrected chi connectivity index (χ4v) is 5.61. The number of halogens is 1. The standard InChI is InChI=1S/C22H30N2O4S.ClH/c1-23(2)15-20-16-24(29(26,27)17-18-8-5-4-6-9-18)13-12-22(20,25)19-10-7-11-21(14-19)28-3;/h4-11,14,20,25H,12-13,15-17H2,1-3H3;1H/t20-,22-;/m0./s1. The van der Waals surface area contributed by atoms with E-state index < -0.39 is 15.6 Å². The van der Waals surface area contributed by atoms with Crippen molar-refractivity contribution in [1.29, 1.82) is 0 Å². The first-order valence-corrected chi connectivity index (χ1v) is 11.4. The van der Waals surface area contributed by atoms with E-state index in [1.165, 1.54) is 4.31 Å². The Balaban J connectivity index is 0.00000320. The predicted octanol–water partition coefficient (Wildman–Crippen LogP) is 2.72. The predicted molar refractivity (Wildman–Crippen MR) is 121 cm³/mol. The molecule has 2 atom stereocenters. The third kappa shape index (κ3) is 5.53. The van der Waals surface area contributed by atoms with Gasteiger partial charge in [0.15, 0.2) is 0 Å². The second kappa shape index (κ2) is 10.1. The Bertz CT molecular complexity index is 924. The Kier molecular flexibility index (Phi) is 8.30. The monoisotopic (exact) mass is 454 g/mol. The van der Waals surface area contributed by atoms with Crippen LogP contribution in [0.3, 0.4) is 0 Å². The highest BCUT2D eigenvalue weighted by Crippen LogP contribution is 2.40. The first kappa shape index (κ1) is 24.6. The molecule has 0 amide bonds.